The van der Waals surface area contributed by atoms with Crippen LogP contribution in [-0.4, -0.2) is 21.3 Å². The van der Waals surface area contributed by atoms with E-state index in [0.717, 1.165) is 31.2 Å². The van der Waals surface area contributed by atoms with E-state index in [0.29, 0.717) is 5.65 Å². The van der Waals surface area contributed by atoms with Gasteiger partial charge in [0.05, 0.1) is 0 Å². The van der Waals surface area contributed by atoms with Gasteiger partial charge in [0.15, 0.2) is 0 Å². The lowest BCUT2D eigenvalue weighted by atomic mass is 10.2. The number of aryl methyl sites for hydroxylation is 1. The Bertz CT molecular complexity index is 715. The summed E-state index contributed by atoms with van der Waals surface area (Å²) in [5.41, 5.74) is 1.31. The zero-order chi connectivity index (χ0) is 14.1. The lowest BCUT2D eigenvalue weighted by Crippen LogP contribution is -2.37. The highest BCUT2D eigenvalue weighted by Gasteiger charge is 2.20. The minimum Gasteiger partial charge on any atom is -0.349 e. The third-order valence-electron chi connectivity index (χ3n) is 3.78. The molecule has 2 aromatic rings. The average molecular weight is 271 g/mol. The van der Waals surface area contributed by atoms with Gasteiger partial charge in [-0.05, 0) is 31.4 Å². The molecule has 0 spiro atoms. The molecule has 1 aliphatic rings. The fraction of sp³-hybridized carbons (Fsp3) is 0.400. The quantitative estimate of drug-likeness (QED) is 0.903. The van der Waals surface area contributed by atoms with E-state index in [1.54, 1.807) is 12.3 Å². The van der Waals surface area contributed by atoms with E-state index in [4.69, 9.17) is 0 Å². The smallest absolute Gasteiger partial charge is 0.270 e. The van der Waals surface area contributed by atoms with Gasteiger partial charge in [-0.15, -0.1) is 0 Å². The van der Waals surface area contributed by atoms with Crippen molar-refractivity contribution in [2.75, 3.05) is 0 Å². The Kier molecular flexibility index (Phi) is 3.26. The first kappa shape index (κ1) is 12.8. The van der Waals surface area contributed by atoms with Crippen molar-refractivity contribution in [1.29, 1.82) is 0 Å². The topological polar surface area (TPSA) is 63.5 Å². The molecule has 0 unspecified atom stereocenters. The number of nitrogens with zero attached hydrogens (tertiary/aromatic N) is 2. The summed E-state index contributed by atoms with van der Waals surface area (Å²) in [7, 11) is 0. The molecule has 5 nitrogen and oxygen atoms in total. The molecule has 1 aliphatic carbocycles. The molecule has 1 N–H and O–H groups in total. The van der Waals surface area contributed by atoms with Crippen LogP contribution in [0, 0.1) is 6.92 Å². The second kappa shape index (κ2) is 5.07. The van der Waals surface area contributed by atoms with E-state index in [9.17, 15) is 9.59 Å². The van der Waals surface area contributed by atoms with Crippen LogP contribution in [-0.2, 0) is 0 Å². The van der Waals surface area contributed by atoms with E-state index in [2.05, 4.69) is 10.3 Å². The minimum absolute atomic E-state index is 0.111. The van der Waals surface area contributed by atoms with Crippen molar-refractivity contribution < 1.29 is 4.79 Å². The highest BCUT2D eigenvalue weighted by molar-refractivity contribution is 5.93. The van der Waals surface area contributed by atoms with Crippen LogP contribution in [0.2, 0.25) is 0 Å². The van der Waals surface area contributed by atoms with Crippen molar-refractivity contribution in [2.45, 2.75) is 38.6 Å². The van der Waals surface area contributed by atoms with Crippen LogP contribution in [0.1, 0.15) is 41.6 Å². The van der Waals surface area contributed by atoms with Crippen LogP contribution >= 0.6 is 0 Å². The fourth-order valence-corrected chi connectivity index (χ4v) is 2.67. The zero-order valence-electron chi connectivity index (χ0n) is 11.4. The molecule has 0 bridgehead atoms. The number of nitrogens with one attached hydrogen (secondary N) is 1. The van der Waals surface area contributed by atoms with Gasteiger partial charge in [0.2, 0.25) is 0 Å². The maximum atomic E-state index is 12.4. The summed E-state index contributed by atoms with van der Waals surface area (Å²) in [4.78, 5) is 28.7. The van der Waals surface area contributed by atoms with Crippen molar-refractivity contribution in [2.24, 2.45) is 0 Å². The Hall–Kier alpha value is -2.17. The van der Waals surface area contributed by atoms with Gasteiger partial charge in [-0.3, -0.25) is 14.0 Å². The highest BCUT2D eigenvalue weighted by atomic mass is 16.2. The number of rotatable bonds is 2. The Balaban J connectivity index is 1.96. The molecule has 1 amide bonds. The first-order chi connectivity index (χ1) is 9.65. The Labute approximate surface area is 116 Å². The Morgan fingerprint density at radius 2 is 2.10 bits per heavy atom. The summed E-state index contributed by atoms with van der Waals surface area (Å²) < 4.78 is 1.43. The first-order valence-corrected chi connectivity index (χ1v) is 6.94. The SMILES string of the molecule is Cc1ccc2ncc(C(=O)NC3CCCC3)c(=O)n2c1. The maximum absolute atomic E-state index is 12.4. The molecular weight excluding hydrogens is 254 g/mol. The van der Waals surface area contributed by atoms with E-state index in [1.165, 1.54) is 10.6 Å². The zero-order valence-corrected chi connectivity index (χ0v) is 11.4. The van der Waals surface area contributed by atoms with Crippen LogP contribution < -0.4 is 10.9 Å². The Morgan fingerprint density at radius 3 is 2.85 bits per heavy atom. The predicted octanol–water partition coefficient (Wildman–Crippen LogP) is 1.68. The summed E-state index contributed by atoms with van der Waals surface area (Å²) in [5, 5.41) is 2.92. The number of pyridine rings is 1. The minimum atomic E-state index is -0.315. The van der Waals surface area contributed by atoms with Crippen LogP contribution in [0.15, 0.2) is 29.3 Å². The first-order valence-electron chi connectivity index (χ1n) is 6.94. The number of amides is 1. The van der Waals surface area contributed by atoms with E-state index >= 15 is 0 Å². The molecular formula is C15H17N3O2. The summed E-state index contributed by atoms with van der Waals surface area (Å²) in [6.07, 6.45) is 7.34. The largest absolute Gasteiger partial charge is 0.349 e. The number of carbonyl (C=O) groups is 1. The molecule has 0 aromatic carbocycles. The third kappa shape index (κ3) is 2.31. The molecule has 0 atom stereocenters. The van der Waals surface area contributed by atoms with Crippen molar-refractivity contribution >= 4 is 11.6 Å². The lowest BCUT2D eigenvalue weighted by Gasteiger charge is -2.11. The van der Waals surface area contributed by atoms with Crippen molar-refractivity contribution in [3.8, 4) is 0 Å². The van der Waals surface area contributed by atoms with E-state index in [1.807, 2.05) is 13.0 Å². The summed E-state index contributed by atoms with van der Waals surface area (Å²) in [5.74, 6) is -0.315. The summed E-state index contributed by atoms with van der Waals surface area (Å²) in [6, 6.07) is 3.86. The van der Waals surface area contributed by atoms with Gasteiger partial charge in [0.1, 0.15) is 11.2 Å². The van der Waals surface area contributed by atoms with Crippen LogP contribution in [0.5, 0.6) is 0 Å². The molecule has 5 heteroatoms. The van der Waals surface area contributed by atoms with Crippen LogP contribution in [0.3, 0.4) is 0 Å². The van der Waals surface area contributed by atoms with Crippen molar-refractivity contribution in [3.05, 3.63) is 46.0 Å². The molecule has 104 valence electrons. The van der Waals surface area contributed by atoms with Gasteiger partial charge < -0.3 is 5.32 Å². The van der Waals surface area contributed by atoms with Crippen molar-refractivity contribution in [1.82, 2.24) is 14.7 Å². The number of hydrogen-bond acceptors (Lipinski definition) is 3. The Morgan fingerprint density at radius 1 is 1.35 bits per heavy atom. The van der Waals surface area contributed by atoms with Gasteiger partial charge in [0.25, 0.3) is 11.5 Å². The number of hydrogen-bond donors (Lipinski definition) is 1. The molecule has 2 heterocycles. The second-order valence-corrected chi connectivity index (χ2v) is 5.37. The van der Waals surface area contributed by atoms with Crippen molar-refractivity contribution in [3.63, 3.8) is 0 Å². The molecule has 1 fully saturated rings. The third-order valence-corrected chi connectivity index (χ3v) is 3.78. The molecule has 3 rings (SSSR count). The van der Waals surface area contributed by atoms with Gasteiger partial charge in [-0.1, -0.05) is 18.9 Å². The van der Waals surface area contributed by atoms with Crippen LogP contribution in [0.4, 0.5) is 0 Å². The fourth-order valence-electron chi connectivity index (χ4n) is 2.67. The van der Waals surface area contributed by atoms with Gasteiger partial charge >= 0.3 is 0 Å². The molecule has 2 aromatic heterocycles. The molecule has 20 heavy (non-hydrogen) atoms. The van der Waals surface area contributed by atoms with Gasteiger partial charge in [-0.2, -0.15) is 0 Å². The van der Waals surface area contributed by atoms with Crippen LogP contribution in [0.25, 0.3) is 5.65 Å². The number of aromatic nitrogens is 2. The van der Waals surface area contributed by atoms with E-state index < -0.39 is 0 Å². The predicted molar refractivity (Wildman–Crippen MR) is 75.9 cm³/mol. The monoisotopic (exact) mass is 271 g/mol. The average Bonchev–Trinajstić information content (AvgIpc) is 2.92. The number of carbonyl (C=O) groups excluding carboxylic acids is 1. The molecule has 0 radical (unpaired) electrons. The second-order valence-electron chi connectivity index (χ2n) is 5.37. The number of fused-ring (bicyclic) bond motifs is 1. The highest BCUT2D eigenvalue weighted by Crippen LogP contribution is 2.17. The van der Waals surface area contributed by atoms with E-state index in [-0.39, 0.29) is 23.1 Å². The molecule has 0 aliphatic heterocycles. The maximum Gasteiger partial charge on any atom is 0.270 e. The normalized spacial score (nSPS) is 15.7. The standard InChI is InChI=1S/C15H17N3O2/c1-10-6-7-13-16-8-12(15(20)18(13)9-10)14(19)17-11-4-2-3-5-11/h6-9,11H,2-5H2,1H3,(H,17,19). The van der Waals surface area contributed by atoms with Gasteiger partial charge in [0, 0.05) is 18.4 Å². The van der Waals surface area contributed by atoms with Gasteiger partial charge in [-0.25, -0.2) is 4.98 Å². The summed E-state index contributed by atoms with van der Waals surface area (Å²) in [6.45, 7) is 1.90. The lowest BCUT2D eigenvalue weighted by molar-refractivity contribution is 0.0936. The molecule has 1 saturated carbocycles. The summed E-state index contributed by atoms with van der Waals surface area (Å²) >= 11 is 0. The molecule has 0 saturated heterocycles.